The van der Waals surface area contributed by atoms with E-state index in [4.69, 9.17) is 4.74 Å². The fourth-order valence-corrected chi connectivity index (χ4v) is 2.56. The van der Waals surface area contributed by atoms with Gasteiger partial charge in [0, 0.05) is 20.1 Å². The van der Waals surface area contributed by atoms with Crippen molar-refractivity contribution in [1.29, 1.82) is 0 Å². The molecule has 0 heterocycles. The van der Waals surface area contributed by atoms with Crippen molar-refractivity contribution in [2.75, 3.05) is 7.11 Å². The first-order valence-electron chi connectivity index (χ1n) is 6.16. The Bertz CT molecular complexity index is 733. The van der Waals surface area contributed by atoms with Crippen LogP contribution in [0.1, 0.15) is 15.9 Å². The van der Waals surface area contributed by atoms with Crippen molar-refractivity contribution in [2.24, 2.45) is 5.10 Å². The summed E-state index contributed by atoms with van der Waals surface area (Å²) in [4.78, 5) is 11.9. The van der Waals surface area contributed by atoms with E-state index in [-0.39, 0.29) is 11.7 Å². The average molecular weight is 428 g/mol. The van der Waals surface area contributed by atoms with Crippen LogP contribution < -0.4 is 10.2 Å². The van der Waals surface area contributed by atoms with Gasteiger partial charge in [-0.15, -0.1) is 0 Å². The third-order valence-electron chi connectivity index (χ3n) is 2.75. The Balaban J connectivity index is 2.13. The number of aromatic hydroxyl groups is 1. The van der Waals surface area contributed by atoms with Crippen LogP contribution in [0.5, 0.6) is 11.5 Å². The number of carbonyl (C=O) groups excluding carboxylic acids is 1. The van der Waals surface area contributed by atoms with E-state index < -0.39 is 0 Å². The molecule has 114 valence electrons. The summed E-state index contributed by atoms with van der Waals surface area (Å²) in [7, 11) is 1.46. The van der Waals surface area contributed by atoms with E-state index in [0.29, 0.717) is 16.9 Å². The third-order valence-corrected chi connectivity index (χ3v) is 3.70. The van der Waals surface area contributed by atoms with E-state index in [0.717, 1.165) is 8.95 Å². The van der Waals surface area contributed by atoms with Gasteiger partial charge in [-0.25, -0.2) is 5.43 Å². The topological polar surface area (TPSA) is 70.9 Å². The number of amides is 1. The van der Waals surface area contributed by atoms with Gasteiger partial charge in [0.25, 0.3) is 5.91 Å². The molecule has 7 heteroatoms. The van der Waals surface area contributed by atoms with E-state index in [1.807, 2.05) is 6.07 Å². The number of halogens is 2. The van der Waals surface area contributed by atoms with Crippen LogP contribution in [0.2, 0.25) is 0 Å². The van der Waals surface area contributed by atoms with Crippen LogP contribution in [0.4, 0.5) is 0 Å². The molecule has 0 aliphatic heterocycles. The number of hydrazone groups is 1. The molecule has 2 aromatic rings. The fraction of sp³-hybridized carbons (Fsp3) is 0.0667. The van der Waals surface area contributed by atoms with E-state index >= 15 is 0 Å². The normalized spacial score (nSPS) is 10.7. The van der Waals surface area contributed by atoms with Gasteiger partial charge in [-0.1, -0.05) is 37.9 Å². The fourth-order valence-electron chi connectivity index (χ4n) is 1.70. The summed E-state index contributed by atoms with van der Waals surface area (Å²) >= 11 is 6.61. The minimum absolute atomic E-state index is 0.0499. The molecule has 0 radical (unpaired) electrons. The summed E-state index contributed by atoms with van der Waals surface area (Å²) in [6.45, 7) is 0. The van der Waals surface area contributed by atoms with Crippen LogP contribution in [0.3, 0.4) is 0 Å². The van der Waals surface area contributed by atoms with E-state index in [2.05, 4.69) is 42.4 Å². The Hall–Kier alpha value is -1.86. The second kappa shape index (κ2) is 7.42. The molecule has 0 spiro atoms. The van der Waals surface area contributed by atoms with E-state index in [9.17, 15) is 9.90 Å². The number of methoxy groups -OCH3 is 1. The molecule has 0 unspecified atom stereocenters. The molecule has 0 saturated heterocycles. The first-order chi connectivity index (χ1) is 10.5. The molecule has 1 amide bonds. The maximum Gasteiger partial charge on any atom is 0.271 e. The van der Waals surface area contributed by atoms with Crippen LogP contribution in [0.25, 0.3) is 0 Å². The average Bonchev–Trinajstić information content (AvgIpc) is 2.50. The standard InChI is InChI=1S/C15H12Br2N2O3/c1-22-13-7-12(17)6-10(14(13)20)8-18-19-15(21)9-3-2-4-11(16)5-9/h2-8,20H,1H3,(H,19,21)/b18-8+. The van der Waals surface area contributed by atoms with Crippen molar-refractivity contribution in [2.45, 2.75) is 0 Å². The molecule has 0 fully saturated rings. The third kappa shape index (κ3) is 4.08. The molecule has 2 N–H and O–H groups in total. The number of nitrogens with one attached hydrogen (secondary N) is 1. The first-order valence-corrected chi connectivity index (χ1v) is 7.75. The monoisotopic (exact) mass is 426 g/mol. The lowest BCUT2D eigenvalue weighted by molar-refractivity contribution is 0.0955. The highest BCUT2D eigenvalue weighted by Gasteiger charge is 2.08. The molecule has 2 rings (SSSR count). The minimum atomic E-state index is -0.348. The van der Waals surface area contributed by atoms with Gasteiger partial charge >= 0.3 is 0 Å². The minimum Gasteiger partial charge on any atom is -0.504 e. The highest BCUT2D eigenvalue weighted by atomic mass is 79.9. The molecule has 2 aromatic carbocycles. The first kappa shape index (κ1) is 16.5. The smallest absolute Gasteiger partial charge is 0.271 e. The van der Waals surface area contributed by atoms with Crippen molar-refractivity contribution < 1.29 is 14.6 Å². The summed E-state index contributed by atoms with van der Waals surface area (Å²) in [5, 5.41) is 13.8. The molecule has 0 atom stereocenters. The van der Waals surface area contributed by atoms with Gasteiger partial charge in [0.15, 0.2) is 11.5 Å². The number of nitrogens with zero attached hydrogens (tertiary/aromatic N) is 1. The largest absolute Gasteiger partial charge is 0.504 e. The highest BCUT2D eigenvalue weighted by Crippen LogP contribution is 2.32. The van der Waals surface area contributed by atoms with Crippen LogP contribution in [0.15, 0.2) is 50.4 Å². The highest BCUT2D eigenvalue weighted by molar-refractivity contribution is 9.10. The summed E-state index contributed by atoms with van der Waals surface area (Å²) in [5.74, 6) is -0.0840. The van der Waals surface area contributed by atoms with Gasteiger partial charge in [0.2, 0.25) is 0 Å². The number of phenols is 1. The molecular formula is C15H12Br2N2O3. The van der Waals surface area contributed by atoms with E-state index in [1.165, 1.54) is 13.3 Å². The number of rotatable bonds is 4. The Morgan fingerprint density at radius 2 is 2.05 bits per heavy atom. The lowest BCUT2D eigenvalue weighted by atomic mass is 10.2. The van der Waals surface area contributed by atoms with Crippen LogP contribution >= 0.6 is 31.9 Å². The Kier molecular flexibility index (Phi) is 5.57. The predicted molar refractivity (Wildman–Crippen MR) is 91.6 cm³/mol. The summed E-state index contributed by atoms with van der Waals surface area (Å²) < 4.78 is 6.57. The van der Waals surface area contributed by atoms with Crippen molar-refractivity contribution in [3.8, 4) is 11.5 Å². The van der Waals surface area contributed by atoms with E-state index in [1.54, 1.807) is 30.3 Å². The van der Waals surface area contributed by atoms with Gasteiger partial charge in [-0.05, 0) is 30.3 Å². The van der Waals surface area contributed by atoms with Crippen molar-refractivity contribution in [1.82, 2.24) is 5.43 Å². The maximum absolute atomic E-state index is 11.9. The van der Waals surface area contributed by atoms with Gasteiger partial charge in [-0.2, -0.15) is 5.10 Å². The lowest BCUT2D eigenvalue weighted by Crippen LogP contribution is -2.17. The zero-order chi connectivity index (χ0) is 16.1. The second-order valence-corrected chi connectivity index (χ2v) is 6.09. The zero-order valence-electron chi connectivity index (χ0n) is 11.5. The van der Waals surface area contributed by atoms with Crippen molar-refractivity contribution >= 4 is 44.0 Å². The number of phenolic OH excluding ortho intramolecular Hbond substituents is 1. The molecule has 0 bridgehead atoms. The predicted octanol–water partition coefficient (Wildman–Crippen LogP) is 3.69. The Morgan fingerprint density at radius 1 is 1.27 bits per heavy atom. The molecule has 0 aliphatic carbocycles. The number of hydrogen-bond acceptors (Lipinski definition) is 4. The molecule has 22 heavy (non-hydrogen) atoms. The summed E-state index contributed by atoms with van der Waals surface area (Å²) in [6, 6.07) is 10.2. The second-order valence-electron chi connectivity index (χ2n) is 4.26. The summed E-state index contributed by atoms with van der Waals surface area (Å²) in [6.07, 6.45) is 1.35. The lowest BCUT2D eigenvalue weighted by Gasteiger charge is -2.06. The molecule has 0 aliphatic rings. The summed E-state index contributed by atoms with van der Waals surface area (Å²) in [5.41, 5.74) is 3.29. The number of benzene rings is 2. The molecule has 0 saturated carbocycles. The van der Waals surface area contributed by atoms with Gasteiger partial charge in [-0.3, -0.25) is 4.79 Å². The maximum atomic E-state index is 11.9. The van der Waals surface area contributed by atoms with Crippen molar-refractivity contribution in [3.05, 3.63) is 56.5 Å². The van der Waals surface area contributed by atoms with Crippen LogP contribution in [-0.2, 0) is 0 Å². The molecular weight excluding hydrogens is 416 g/mol. The Labute approximate surface area is 144 Å². The van der Waals surface area contributed by atoms with Gasteiger partial charge < -0.3 is 9.84 Å². The van der Waals surface area contributed by atoms with Crippen LogP contribution in [0, 0.1) is 0 Å². The van der Waals surface area contributed by atoms with Crippen molar-refractivity contribution in [3.63, 3.8) is 0 Å². The zero-order valence-corrected chi connectivity index (χ0v) is 14.7. The number of carbonyl (C=O) groups is 1. The molecule has 0 aromatic heterocycles. The number of hydrogen-bond donors (Lipinski definition) is 2. The number of ether oxygens (including phenoxy) is 1. The van der Waals surface area contributed by atoms with Gasteiger partial charge in [0.1, 0.15) is 0 Å². The van der Waals surface area contributed by atoms with Gasteiger partial charge in [0.05, 0.1) is 13.3 Å². The molecule has 5 nitrogen and oxygen atoms in total. The van der Waals surface area contributed by atoms with Crippen LogP contribution in [-0.4, -0.2) is 24.3 Å². The SMILES string of the molecule is COc1cc(Br)cc(/C=N/NC(=O)c2cccc(Br)c2)c1O. The Morgan fingerprint density at radius 3 is 2.73 bits per heavy atom. The quantitative estimate of drug-likeness (QED) is 0.577.